The summed E-state index contributed by atoms with van der Waals surface area (Å²) in [6.07, 6.45) is 0.700. The van der Waals surface area contributed by atoms with Crippen LogP contribution in [0.3, 0.4) is 0 Å². The van der Waals surface area contributed by atoms with E-state index in [4.69, 9.17) is 23.2 Å². The van der Waals surface area contributed by atoms with Crippen molar-refractivity contribution in [3.8, 4) is 0 Å². The summed E-state index contributed by atoms with van der Waals surface area (Å²) in [5.74, 6) is -0.984. The molecule has 1 aliphatic rings. The number of hydrogen-bond donors (Lipinski definition) is 0. The van der Waals surface area contributed by atoms with Crippen molar-refractivity contribution in [3.63, 3.8) is 0 Å². The van der Waals surface area contributed by atoms with Gasteiger partial charge in [0.15, 0.2) is 0 Å². The maximum Gasteiger partial charge on any atom is 0.274 e. The van der Waals surface area contributed by atoms with Gasteiger partial charge in [0.05, 0.1) is 0 Å². The summed E-state index contributed by atoms with van der Waals surface area (Å²) in [4.78, 5) is 23.3. The molecule has 0 aliphatic carbocycles. The molecule has 2 amide bonds. The lowest BCUT2D eigenvalue weighted by Crippen LogP contribution is -2.31. The van der Waals surface area contributed by atoms with Gasteiger partial charge in [0.1, 0.15) is 10.1 Å². The van der Waals surface area contributed by atoms with Crippen molar-refractivity contribution in [2.24, 2.45) is 0 Å². The van der Waals surface area contributed by atoms with Crippen LogP contribution in [0.5, 0.6) is 0 Å². The quantitative estimate of drug-likeness (QED) is 0.644. The van der Waals surface area contributed by atoms with Crippen LogP contribution >= 0.6 is 23.2 Å². The zero-order chi connectivity index (χ0) is 9.30. The summed E-state index contributed by atoms with van der Waals surface area (Å²) in [6, 6.07) is 0. The van der Waals surface area contributed by atoms with Gasteiger partial charge >= 0.3 is 0 Å². The van der Waals surface area contributed by atoms with Gasteiger partial charge in [-0.2, -0.15) is 0 Å². The van der Waals surface area contributed by atoms with E-state index in [1.54, 1.807) is 0 Å². The highest BCUT2D eigenvalue weighted by Gasteiger charge is 2.35. The molecular weight excluding hydrogens is 201 g/mol. The van der Waals surface area contributed by atoms with E-state index in [1.165, 1.54) is 0 Å². The minimum Gasteiger partial charge on any atom is -0.273 e. The molecule has 0 fully saturated rings. The molecule has 0 N–H and O–H groups in total. The average molecular weight is 208 g/mol. The van der Waals surface area contributed by atoms with Crippen molar-refractivity contribution in [1.82, 2.24) is 4.90 Å². The Morgan fingerprint density at radius 3 is 1.92 bits per heavy atom. The van der Waals surface area contributed by atoms with Gasteiger partial charge in [-0.3, -0.25) is 14.5 Å². The monoisotopic (exact) mass is 207 g/mol. The Kier molecular flexibility index (Phi) is 2.75. The van der Waals surface area contributed by atoms with Crippen LogP contribution in [0.4, 0.5) is 0 Å². The van der Waals surface area contributed by atoms with E-state index in [0.29, 0.717) is 13.0 Å². The third-order valence-electron chi connectivity index (χ3n) is 1.51. The molecular formula is C7H7Cl2NO2. The molecule has 0 radical (unpaired) electrons. The highest BCUT2D eigenvalue weighted by Crippen LogP contribution is 2.26. The number of carbonyl (C=O) groups is 2. The molecule has 0 aromatic rings. The average Bonchev–Trinajstić information content (AvgIpc) is 2.23. The van der Waals surface area contributed by atoms with E-state index >= 15 is 0 Å². The number of hydrogen-bond acceptors (Lipinski definition) is 2. The number of rotatable bonds is 2. The van der Waals surface area contributed by atoms with E-state index in [0.717, 1.165) is 4.90 Å². The van der Waals surface area contributed by atoms with Gasteiger partial charge in [-0.25, -0.2) is 0 Å². The summed E-state index contributed by atoms with van der Waals surface area (Å²) >= 11 is 10.9. The molecule has 0 saturated carbocycles. The Bertz CT molecular complexity index is 249. The first-order valence-corrected chi connectivity index (χ1v) is 4.26. The predicted molar refractivity (Wildman–Crippen MR) is 45.7 cm³/mol. The molecule has 0 unspecified atom stereocenters. The van der Waals surface area contributed by atoms with Gasteiger partial charge < -0.3 is 0 Å². The molecule has 0 aromatic heterocycles. The third kappa shape index (κ3) is 1.34. The molecule has 3 nitrogen and oxygen atoms in total. The second-order valence-corrected chi connectivity index (χ2v) is 3.15. The van der Waals surface area contributed by atoms with Gasteiger partial charge in [-0.05, 0) is 6.42 Å². The molecule has 0 aromatic carbocycles. The molecule has 1 heterocycles. The normalized spacial score (nSPS) is 18.1. The summed E-state index contributed by atoms with van der Waals surface area (Å²) in [5.41, 5.74) is 0. The molecule has 0 atom stereocenters. The Morgan fingerprint density at radius 2 is 1.58 bits per heavy atom. The topological polar surface area (TPSA) is 37.4 Å². The summed E-state index contributed by atoms with van der Waals surface area (Å²) in [6.45, 7) is 2.23. The fourth-order valence-corrected chi connectivity index (χ4v) is 1.31. The third-order valence-corrected chi connectivity index (χ3v) is 2.30. The maximum atomic E-state index is 11.1. The Hall–Kier alpha value is -0.540. The van der Waals surface area contributed by atoms with Gasteiger partial charge in [0, 0.05) is 6.54 Å². The van der Waals surface area contributed by atoms with Crippen LogP contribution in [0.25, 0.3) is 0 Å². The molecule has 0 saturated heterocycles. The van der Waals surface area contributed by atoms with E-state index in [2.05, 4.69) is 0 Å². The number of imide groups is 1. The smallest absolute Gasteiger partial charge is 0.273 e. The van der Waals surface area contributed by atoms with Crippen molar-refractivity contribution >= 4 is 35.0 Å². The minimum atomic E-state index is -0.492. The molecule has 0 spiro atoms. The van der Waals surface area contributed by atoms with Crippen LogP contribution in [0.15, 0.2) is 10.1 Å². The van der Waals surface area contributed by atoms with E-state index < -0.39 is 11.8 Å². The van der Waals surface area contributed by atoms with Crippen LogP contribution < -0.4 is 0 Å². The number of halogens is 2. The zero-order valence-corrected chi connectivity index (χ0v) is 7.95. The predicted octanol–water partition coefficient (Wildman–Crippen LogP) is 1.45. The van der Waals surface area contributed by atoms with Crippen LogP contribution in [0.1, 0.15) is 13.3 Å². The molecule has 12 heavy (non-hydrogen) atoms. The van der Waals surface area contributed by atoms with Crippen molar-refractivity contribution in [2.45, 2.75) is 13.3 Å². The van der Waals surface area contributed by atoms with Crippen LogP contribution in [0.2, 0.25) is 0 Å². The molecule has 0 bridgehead atoms. The first kappa shape index (κ1) is 9.55. The molecule has 1 rings (SSSR count). The number of nitrogens with zero attached hydrogens (tertiary/aromatic N) is 1. The molecule has 1 aliphatic heterocycles. The Balaban J connectivity index is 2.88. The van der Waals surface area contributed by atoms with Gasteiger partial charge in [-0.1, -0.05) is 30.1 Å². The second-order valence-electron chi connectivity index (χ2n) is 2.39. The van der Waals surface area contributed by atoms with Crippen LogP contribution in [-0.2, 0) is 9.59 Å². The van der Waals surface area contributed by atoms with Crippen LogP contribution in [0, 0.1) is 0 Å². The summed E-state index contributed by atoms with van der Waals surface area (Å²) < 4.78 is 0. The maximum absolute atomic E-state index is 11.1. The Morgan fingerprint density at radius 1 is 1.17 bits per heavy atom. The standard InChI is InChI=1S/C7H7Cl2NO2/c1-2-3-10-6(11)4(8)5(9)7(10)12/h2-3H2,1H3. The van der Waals surface area contributed by atoms with Gasteiger partial charge in [0.25, 0.3) is 11.8 Å². The minimum absolute atomic E-state index is 0.171. The lowest BCUT2D eigenvalue weighted by atomic mass is 10.4. The first-order valence-electron chi connectivity index (χ1n) is 3.51. The van der Waals surface area contributed by atoms with Crippen LogP contribution in [-0.4, -0.2) is 23.3 Å². The van der Waals surface area contributed by atoms with Crippen molar-refractivity contribution < 1.29 is 9.59 Å². The highest BCUT2D eigenvalue weighted by atomic mass is 35.5. The SMILES string of the molecule is CCCN1C(=O)C(Cl)=C(Cl)C1=O. The van der Waals surface area contributed by atoms with Crippen molar-refractivity contribution in [3.05, 3.63) is 10.1 Å². The molecule has 5 heteroatoms. The largest absolute Gasteiger partial charge is 0.274 e. The second kappa shape index (κ2) is 3.46. The van der Waals surface area contributed by atoms with Gasteiger partial charge in [0.2, 0.25) is 0 Å². The number of amides is 2. The fourth-order valence-electron chi connectivity index (χ4n) is 0.944. The van der Waals surface area contributed by atoms with E-state index in [1.807, 2.05) is 6.92 Å². The zero-order valence-electron chi connectivity index (χ0n) is 6.43. The van der Waals surface area contributed by atoms with E-state index in [-0.39, 0.29) is 10.1 Å². The Labute approximate surface area is 79.9 Å². The lowest BCUT2D eigenvalue weighted by molar-refractivity contribution is -0.137. The highest BCUT2D eigenvalue weighted by molar-refractivity contribution is 6.58. The summed E-state index contributed by atoms with van der Waals surface area (Å²) in [7, 11) is 0. The van der Waals surface area contributed by atoms with Crippen molar-refractivity contribution in [1.29, 1.82) is 0 Å². The summed E-state index contributed by atoms with van der Waals surface area (Å²) in [5, 5.41) is -0.342. The number of carbonyl (C=O) groups excluding carboxylic acids is 2. The van der Waals surface area contributed by atoms with Gasteiger partial charge in [-0.15, -0.1) is 0 Å². The first-order chi connectivity index (χ1) is 5.59. The fraction of sp³-hybridized carbons (Fsp3) is 0.429. The van der Waals surface area contributed by atoms with E-state index in [9.17, 15) is 9.59 Å². The van der Waals surface area contributed by atoms with Crippen molar-refractivity contribution in [2.75, 3.05) is 6.54 Å². The lowest BCUT2D eigenvalue weighted by Gasteiger charge is -2.11. The molecule has 66 valence electrons.